The summed E-state index contributed by atoms with van der Waals surface area (Å²) in [6.07, 6.45) is 1.19. The number of imidazole rings is 1. The lowest BCUT2D eigenvalue weighted by atomic mass is 9.92. The summed E-state index contributed by atoms with van der Waals surface area (Å²) in [5.41, 5.74) is 1.05. The van der Waals surface area contributed by atoms with Crippen LogP contribution in [0.25, 0.3) is 11.0 Å². The molecule has 2 aliphatic rings. The van der Waals surface area contributed by atoms with Gasteiger partial charge in [-0.15, -0.1) is 0 Å². The van der Waals surface area contributed by atoms with Crippen LogP contribution in [0.5, 0.6) is 0 Å². The first-order chi connectivity index (χ1) is 16.3. The third kappa shape index (κ3) is 5.40. The van der Waals surface area contributed by atoms with Gasteiger partial charge in [-0.25, -0.2) is 13.8 Å². The highest BCUT2D eigenvalue weighted by atomic mass is 19.3. The number of hydrogen-bond acceptors (Lipinski definition) is 4. The molecule has 3 heterocycles. The number of halogens is 2. The van der Waals surface area contributed by atoms with Crippen molar-refractivity contribution in [2.75, 3.05) is 32.7 Å². The van der Waals surface area contributed by atoms with Gasteiger partial charge in [0.15, 0.2) is 5.82 Å². The van der Waals surface area contributed by atoms with Crippen LogP contribution in [0.15, 0.2) is 24.3 Å². The molecule has 2 fully saturated rings. The van der Waals surface area contributed by atoms with Gasteiger partial charge in [-0.05, 0) is 43.7 Å². The molecule has 1 unspecified atom stereocenters. The number of hydrogen-bond donors (Lipinski definition) is 1. The van der Waals surface area contributed by atoms with Gasteiger partial charge in [0.25, 0.3) is 12.3 Å². The smallest absolute Gasteiger partial charge is 0.290 e. The molecule has 0 aliphatic carbocycles. The molecular weight excluding hydrogens is 440 g/mol. The second-order valence-corrected chi connectivity index (χ2v) is 9.91. The summed E-state index contributed by atoms with van der Waals surface area (Å²) in [4.78, 5) is 35.1. The second-order valence-electron chi connectivity index (χ2n) is 9.91. The van der Waals surface area contributed by atoms with E-state index in [2.05, 4.69) is 10.3 Å². The predicted molar refractivity (Wildman–Crippen MR) is 127 cm³/mol. The third-order valence-electron chi connectivity index (χ3n) is 6.77. The Labute approximate surface area is 199 Å². The van der Waals surface area contributed by atoms with Crippen LogP contribution in [-0.4, -0.2) is 76.4 Å². The average molecular weight is 476 g/mol. The summed E-state index contributed by atoms with van der Waals surface area (Å²) in [7, 11) is 0. The monoisotopic (exact) mass is 475 g/mol. The molecule has 1 N–H and O–H groups in total. The Morgan fingerprint density at radius 1 is 1.15 bits per heavy atom. The van der Waals surface area contributed by atoms with Gasteiger partial charge in [-0.1, -0.05) is 26.0 Å². The van der Waals surface area contributed by atoms with Crippen molar-refractivity contribution in [1.82, 2.24) is 24.7 Å². The first-order valence-corrected chi connectivity index (χ1v) is 12.4. The number of piperidine rings is 2. The van der Waals surface area contributed by atoms with Crippen LogP contribution in [0.1, 0.15) is 50.1 Å². The van der Waals surface area contributed by atoms with Gasteiger partial charge in [-0.3, -0.25) is 9.59 Å². The number of aromatic nitrogens is 2. The zero-order valence-electron chi connectivity index (χ0n) is 20.1. The average Bonchev–Trinajstić information content (AvgIpc) is 3.20. The molecule has 2 saturated heterocycles. The summed E-state index contributed by atoms with van der Waals surface area (Å²) >= 11 is 0. The van der Waals surface area contributed by atoms with Crippen LogP contribution in [0, 0.1) is 11.8 Å². The maximum atomic E-state index is 13.8. The van der Waals surface area contributed by atoms with E-state index in [0.29, 0.717) is 37.1 Å². The van der Waals surface area contributed by atoms with Crippen molar-refractivity contribution in [2.24, 2.45) is 11.8 Å². The Morgan fingerprint density at radius 3 is 2.59 bits per heavy atom. The van der Waals surface area contributed by atoms with E-state index in [9.17, 15) is 18.4 Å². The molecule has 2 atom stereocenters. The molecule has 1 aromatic carbocycles. The number of para-hydroxylation sites is 2. The third-order valence-corrected chi connectivity index (χ3v) is 6.77. The van der Waals surface area contributed by atoms with E-state index in [1.54, 1.807) is 29.2 Å². The lowest BCUT2D eigenvalue weighted by Gasteiger charge is -2.40. The van der Waals surface area contributed by atoms with Gasteiger partial charge in [-0.2, -0.15) is 0 Å². The molecule has 0 radical (unpaired) electrons. The van der Waals surface area contributed by atoms with E-state index in [1.165, 1.54) is 4.57 Å². The van der Waals surface area contributed by atoms with E-state index in [0.717, 1.165) is 32.4 Å². The van der Waals surface area contributed by atoms with Crippen molar-refractivity contribution in [1.29, 1.82) is 0 Å². The molecule has 0 saturated carbocycles. The first kappa shape index (κ1) is 24.6. The number of nitrogens with zero attached hydrogens (tertiary/aromatic N) is 4. The van der Waals surface area contributed by atoms with E-state index in [4.69, 9.17) is 0 Å². The number of benzene rings is 1. The number of carbonyl (C=O) groups excluding carboxylic acids is 2. The first-order valence-electron chi connectivity index (χ1n) is 12.4. The van der Waals surface area contributed by atoms with E-state index in [-0.39, 0.29) is 35.5 Å². The number of amides is 2. The molecule has 2 amide bonds. The molecule has 7 nitrogen and oxygen atoms in total. The zero-order chi connectivity index (χ0) is 24.2. The van der Waals surface area contributed by atoms with Crippen molar-refractivity contribution >= 4 is 22.8 Å². The molecule has 2 aliphatic heterocycles. The summed E-state index contributed by atoms with van der Waals surface area (Å²) < 4.78 is 28.2. The highest BCUT2D eigenvalue weighted by molar-refractivity contribution is 5.95. The fourth-order valence-corrected chi connectivity index (χ4v) is 5.20. The number of fused-ring (bicyclic) bond motifs is 1. The van der Waals surface area contributed by atoms with Crippen LogP contribution in [-0.2, 0) is 11.3 Å². The van der Waals surface area contributed by atoms with E-state index < -0.39 is 13.0 Å². The normalized spacial score (nSPS) is 21.4. The molecule has 1 aromatic heterocycles. The van der Waals surface area contributed by atoms with Crippen LogP contribution < -0.4 is 5.32 Å². The van der Waals surface area contributed by atoms with Crippen molar-refractivity contribution in [2.45, 2.75) is 58.5 Å². The van der Waals surface area contributed by atoms with Gasteiger partial charge >= 0.3 is 0 Å². The summed E-state index contributed by atoms with van der Waals surface area (Å²) in [5.74, 6) is -0.192. The van der Waals surface area contributed by atoms with Crippen LogP contribution >= 0.6 is 0 Å². The highest BCUT2D eigenvalue weighted by Crippen LogP contribution is 2.25. The van der Waals surface area contributed by atoms with Gasteiger partial charge in [0, 0.05) is 38.8 Å². The minimum atomic E-state index is -2.61. The summed E-state index contributed by atoms with van der Waals surface area (Å²) in [6, 6.07) is 6.78. The quantitative estimate of drug-likeness (QED) is 0.667. The van der Waals surface area contributed by atoms with Crippen LogP contribution in [0.4, 0.5) is 8.78 Å². The minimum Gasteiger partial charge on any atom is -0.342 e. The van der Waals surface area contributed by atoms with Crippen LogP contribution in [0.3, 0.4) is 0 Å². The lowest BCUT2D eigenvalue weighted by Crippen LogP contribution is -2.55. The Bertz CT molecular complexity index is 1000. The Morgan fingerprint density at radius 2 is 1.88 bits per heavy atom. The molecule has 9 heteroatoms. The molecule has 4 rings (SSSR count). The maximum Gasteiger partial charge on any atom is 0.290 e. The van der Waals surface area contributed by atoms with Crippen molar-refractivity contribution < 1.29 is 18.4 Å². The Hall–Kier alpha value is -2.55. The maximum absolute atomic E-state index is 13.8. The predicted octanol–water partition coefficient (Wildman–Crippen LogP) is 3.39. The molecule has 34 heavy (non-hydrogen) atoms. The summed E-state index contributed by atoms with van der Waals surface area (Å²) in [6.45, 7) is 6.68. The topological polar surface area (TPSA) is 70.5 Å². The van der Waals surface area contributed by atoms with Gasteiger partial charge in [0.1, 0.15) is 0 Å². The zero-order valence-corrected chi connectivity index (χ0v) is 20.1. The molecule has 0 spiro atoms. The number of nitrogens with one attached hydrogen (secondary N) is 1. The van der Waals surface area contributed by atoms with Gasteiger partial charge < -0.3 is 19.7 Å². The molecule has 2 aromatic rings. The Kier molecular flexibility index (Phi) is 7.80. The second kappa shape index (κ2) is 10.8. The Balaban J connectivity index is 1.60. The standard InChI is InChI=1S/C25H35F2N5O2/c1-17(2)15-31(19-12-18(13-28-14-19)24(33)30-10-6-3-7-11-30)25(34)23-29-20-8-4-5-9-21(20)32(23)16-22(26)27/h4-5,8-9,17-19,22,28H,3,6-7,10-16H2,1-2H3/t18-,19?/m1/s1. The lowest BCUT2D eigenvalue weighted by molar-refractivity contribution is -0.137. The van der Waals surface area contributed by atoms with Gasteiger partial charge in [0.05, 0.1) is 23.5 Å². The SMILES string of the molecule is CC(C)CN(C(=O)c1nc2ccccc2n1CC(F)F)C1CNC[C@H](C(=O)N2CCCCC2)C1. The van der Waals surface area contributed by atoms with Crippen molar-refractivity contribution in [3.8, 4) is 0 Å². The van der Waals surface area contributed by atoms with Crippen molar-refractivity contribution in [3.63, 3.8) is 0 Å². The highest BCUT2D eigenvalue weighted by Gasteiger charge is 2.36. The number of rotatable bonds is 7. The molecule has 0 bridgehead atoms. The van der Waals surface area contributed by atoms with E-state index in [1.807, 2.05) is 18.7 Å². The fraction of sp³-hybridized carbons (Fsp3) is 0.640. The van der Waals surface area contributed by atoms with Gasteiger partial charge in [0.2, 0.25) is 5.91 Å². The molecule has 186 valence electrons. The fourth-order valence-electron chi connectivity index (χ4n) is 5.20. The largest absolute Gasteiger partial charge is 0.342 e. The van der Waals surface area contributed by atoms with Crippen LogP contribution in [0.2, 0.25) is 0 Å². The summed E-state index contributed by atoms with van der Waals surface area (Å²) in [5, 5.41) is 3.35. The van der Waals surface area contributed by atoms with Crippen molar-refractivity contribution in [3.05, 3.63) is 30.1 Å². The number of alkyl halides is 2. The van der Waals surface area contributed by atoms with E-state index >= 15 is 0 Å². The minimum absolute atomic E-state index is 0.0339. The molecular formula is C25H35F2N5O2. The number of likely N-dealkylation sites (tertiary alicyclic amines) is 1. The number of carbonyl (C=O) groups is 2.